The molecular formula is C13H13N5O2S2. The van der Waals surface area contributed by atoms with Crippen LogP contribution in [0.1, 0.15) is 22.6 Å². The highest BCUT2D eigenvalue weighted by atomic mass is 32.1. The van der Waals surface area contributed by atoms with Crippen molar-refractivity contribution in [2.24, 2.45) is 0 Å². The van der Waals surface area contributed by atoms with E-state index in [2.05, 4.69) is 15.3 Å². The van der Waals surface area contributed by atoms with Crippen LogP contribution in [-0.4, -0.2) is 26.8 Å². The van der Waals surface area contributed by atoms with Crippen molar-refractivity contribution in [3.63, 3.8) is 0 Å². The Bertz CT molecular complexity index is 867. The molecule has 3 N–H and O–H groups in total. The maximum Gasteiger partial charge on any atom is 0.274 e. The average molecular weight is 335 g/mol. The number of nitrogens with one attached hydrogen (secondary N) is 1. The number of nitrogens with two attached hydrogens (primary N) is 1. The number of rotatable bonds is 5. The third kappa shape index (κ3) is 3.15. The molecular weight excluding hydrogens is 322 g/mol. The van der Waals surface area contributed by atoms with Gasteiger partial charge in [-0.25, -0.2) is 4.98 Å². The fraction of sp³-hybridized carbons (Fsp3) is 0.231. The van der Waals surface area contributed by atoms with Crippen LogP contribution >= 0.6 is 22.7 Å². The summed E-state index contributed by atoms with van der Waals surface area (Å²) in [5.74, 6) is -0.286. The topological polar surface area (TPSA) is 102 Å². The average Bonchev–Trinajstić information content (AvgIpc) is 3.11. The number of nitrogen functional groups attached to an aromatic ring is 1. The zero-order valence-electron chi connectivity index (χ0n) is 11.5. The number of carbonyl (C=O) groups excluding carboxylic acids is 1. The van der Waals surface area contributed by atoms with Crippen molar-refractivity contribution in [1.82, 2.24) is 19.7 Å². The quantitative estimate of drug-likeness (QED) is 0.681. The number of amides is 1. The summed E-state index contributed by atoms with van der Waals surface area (Å²) < 4.78 is 1.61. The van der Waals surface area contributed by atoms with E-state index < -0.39 is 5.56 Å². The van der Waals surface area contributed by atoms with E-state index in [1.165, 1.54) is 28.7 Å². The molecule has 0 bridgehead atoms. The second-order valence-corrected chi connectivity index (χ2v) is 6.33. The van der Waals surface area contributed by atoms with E-state index in [0.717, 1.165) is 18.5 Å². The van der Waals surface area contributed by atoms with Crippen LogP contribution in [0.4, 0.5) is 5.13 Å². The van der Waals surface area contributed by atoms with Crippen molar-refractivity contribution >= 4 is 38.7 Å². The molecule has 1 amide bonds. The lowest BCUT2D eigenvalue weighted by Crippen LogP contribution is -2.28. The van der Waals surface area contributed by atoms with Crippen molar-refractivity contribution in [2.45, 2.75) is 12.8 Å². The van der Waals surface area contributed by atoms with Crippen molar-refractivity contribution in [3.05, 3.63) is 44.8 Å². The van der Waals surface area contributed by atoms with Gasteiger partial charge in [-0.15, -0.1) is 22.7 Å². The highest BCUT2D eigenvalue weighted by Gasteiger charge is 2.12. The molecule has 0 unspecified atom stereocenters. The van der Waals surface area contributed by atoms with Crippen LogP contribution in [0.3, 0.4) is 0 Å². The van der Waals surface area contributed by atoms with Gasteiger partial charge in [0.25, 0.3) is 11.5 Å². The number of carbonyl (C=O) groups is 1. The highest BCUT2D eigenvalue weighted by molar-refractivity contribution is 7.15. The SMILES string of the molecule is Nc1nc(CCCNC(=O)c2cc(=O)nc3sccn23)cs1. The number of aromatic nitrogens is 3. The first-order valence-electron chi connectivity index (χ1n) is 6.58. The summed E-state index contributed by atoms with van der Waals surface area (Å²) in [5, 5.41) is 7.05. The normalized spacial score (nSPS) is 10.9. The number of hydrogen-bond acceptors (Lipinski definition) is 7. The van der Waals surface area contributed by atoms with Gasteiger partial charge in [0.1, 0.15) is 5.69 Å². The molecule has 0 spiro atoms. The van der Waals surface area contributed by atoms with Gasteiger partial charge < -0.3 is 11.1 Å². The molecule has 0 aliphatic carbocycles. The van der Waals surface area contributed by atoms with Crippen molar-refractivity contribution in [2.75, 3.05) is 12.3 Å². The first-order chi connectivity index (χ1) is 10.6. The van der Waals surface area contributed by atoms with Crippen LogP contribution in [0.15, 0.2) is 27.8 Å². The summed E-state index contributed by atoms with van der Waals surface area (Å²) in [4.78, 5) is 32.2. The van der Waals surface area contributed by atoms with Crippen molar-refractivity contribution in [1.29, 1.82) is 0 Å². The van der Waals surface area contributed by atoms with Crippen molar-refractivity contribution in [3.8, 4) is 0 Å². The van der Waals surface area contributed by atoms with E-state index in [1.807, 2.05) is 5.38 Å². The second kappa shape index (κ2) is 6.24. The minimum atomic E-state index is -0.412. The summed E-state index contributed by atoms with van der Waals surface area (Å²) in [6.45, 7) is 0.499. The number of thiazole rings is 2. The Morgan fingerprint density at radius 1 is 1.36 bits per heavy atom. The largest absolute Gasteiger partial charge is 0.375 e. The van der Waals surface area contributed by atoms with Gasteiger partial charge in [0, 0.05) is 29.6 Å². The minimum Gasteiger partial charge on any atom is -0.375 e. The van der Waals surface area contributed by atoms with Gasteiger partial charge >= 0.3 is 0 Å². The Kier molecular flexibility index (Phi) is 4.16. The van der Waals surface area contributed by atoms with Crippen LogP contribution in [0.2, 0.25) is 0 Å². The molecule has 0 aliphatic rings. The van der Waals surface area contributed by atoms with Crippen LogP contribution in [-0.2, 0) is 6.42 Å². The molecule has 3 rings (SSSR count). The smallest absolute Gasteiger partial charge is 0.274 e. The summed E-state index contributed by atoms with van der Waals surface area (Å²) >= 11 is 2.72. The number of aryl methyl sites for hydroxylation is 1. The summed E-state index contributed by atoms with van der Waals surface area (Å²) in [7, 11) is 0. The standard InChI is InChI=1S/C13H13N5O2S2/c14-12-16-8(7-22-12)2-1-3-15-11(20)9-6-10(19)17-13-18(9)4-5-21-13/h4-7H,1-3H2,(H2,14,16)(H,15,20). The van der Waals surface area contributed by atoms with E-state index in [4.69, 9.17) is 5.73 Å². The van der Waals surface area contributed by atoms with Gasteiger partial charge in [-0.3, -0.25) is 14.0 Å². The lowest BCUT2D eigenvalue weighted by atomic mass is 10.2. The zero-order chi connectivity index (χ0) is 15.5. The Morgan fingerprint density at radius 2 is 2.23 bits per heavy atom. The lowest BCUT2D eigenvalue weighted by Gasteiger charge is -2.06. The number of fused-ring (bicyclic) bond motifs is 1. The van der Waals surface area contributed by atoms with Gasteiger partial charge in [0.2, 0.25) is 0 Å². The zero-order valence-corrected chi connectivity index (χ0v) is 13.1. The second-order valence-electron chi connectivity index (χ2n) is 4.57. The number of anilines is 1. The molecule has 0 aromatic carbocycles. The number of hydrogen-bond donors (Lipinski definition) is 2. The van der Waals surface area contributed by atoms with Crippen LogP contribution in [0.25, 0.3) is 4.96 Å². The Labute approximate surface area is 133 Å². The van der Waals surface area contributed by atoms with Gasteiger partial charge in [0.15, 0.2) is 10.1 Å². The fourth-order valence-corrected chi connectivity index (χ4v) is 3.34. The molecule has 3 aromatic heterocycles. The number of nitrogens with zero attached hydrogens (tertiary/aromatic N) is 3. The molecule has 0 fully saturated rings. The molecule has 22 heavy (non-hydrogen) atoms. The van der Waals surface area contributed by atoms with Gasteiger partial charge in [-0.2, -0.15) is 4.98 Å². The van der Waals surface area contributed by atoms with Crippen molar-refractivity contribution < 1.29 is 4.79 Å². The molecule has 3 aromatic rings. The van der Waals surface area contributed by atoms with E-state index in [0.29, 0.717) is 22.3 Å². The van der Waals surface area contributed by atoms with Crippen LogP contribution < -0.4 is 16.6 Å². The molecule has 3 heterocycles. The third-order valence-corrected chi connectivity index (χ3v) is 4.49. The molecule has 0 saturated carbocycles. The van der Waals surface area contributed by atoms with Crippen LogP contribution in [0, 0.1) is 0 Å². The van der Waals surface area contributed by atoms with Gasteiger partial charge in [-0.05, 0) is 12.8 Å². The maximum atomic E-state index is 12.2. The molecule has 114 valence electrons. The molecule has 0 radical (unpaired) electrons. The molecule has 7 nitrogen and oxygen atoms in total. The Balaban J connectivity index is 1.61. The maximum absolute atomic E-state index is 12.2. The van der Waals surface area contributed by atoms with Crippen LogP contribution in [0.5, 0.6) is 0 Å². The summed E-state index contributed by atoms with van der Waals surface area (Å²) in [6, 6.07) is 1.25. The molecule has 9 heteroatoms. The van der Waals surface area contributed by atoms with E-state index in [9.17, 15) is 9.59 Å². The third-order valence-electron chi connectivity index (χ3n) is 3.01. The predicted octanol–water partition coefficient (Wildman–Crippen LogP) is 1.16. The summed E-state index contributed by atoms with van der Waals surface area (Å²) in [5.41, 5.74) is 6.38. The molecule has 0 saturated heterocycles. The first-order valence-corrected chi connectivity index (χ1v) is 8.34. The predicted molar refractivity (Wildman–Crippen MR) is 86.5 cm³/mol. The monoisotopic (exact) mass is 335 g/mol. The molecule has 0 atom stereocenters. The highest BCUT2D eigenvalue weighted by Crippen LogP contribution is 2.12. The van der Waals surface area contributed by atoms with E-state index in [1.54, 1.807) is 16.0 Å². The van der Waals surface area contributed by atoms with Gasteiger partial charge in [-0.1, -0.05) is 0 Å². The Hall–Kier alpha value is -2.26. The minimum absolute atomic E-state index is 0.286. The van der Waals surface area contributed by atoms with E-state index >= 15 is 0 Å². The van der Waals surface area contributed by atoms with E-state index in [-0.39, 0.29) is 5.91 Å². The van der Waals surface area contributed by atoms with Gasteiger partial charge in [0.05, 0.1) is 5.69 Å². The Morgan fingerprint density at radius 3 is 3.00 bits per heavy atom. The fourth-order valence-electron chi connectivity index (χ4n) is 2.02. The lowest BCUT2D eigenvalue weighted by molar-refractivity contribution is 0.0946. The first kappa shape index (κ1) is 14.7. The molecule has 0 aliphatic heterocycles. The summed E-state index contributed by atoms with van der Waals surface area (Å²) in [6.07, 6.45) is 3.22.